The average molecular weight is 321 g/mol. The quantitative estimate of drug-likeness (QED) is 0.811. The van der Waals surface area contributed by atoms with Gasteiger partial charge in [0.2, 0.25) is 0 Å². The van der Waals surface area contributed by atoms with Crippen molar-refractivity contribution in [2.75, 3.05) is 6.61 Å². The van der Waals surface area contributed by atoms with Crippen LogP contribution in [0.3, 0.4) is 0 Å². The van der Waals surface area contributed by atoms with Gasteiger partial charge in [0.05, 0.1) is 12.2 Å². The molecule has 2 aromatic rings. The van der Waals surface area contributed by atoms with Gasteiger partial charge in [-0.25, -0.2) is 9.97 Å². The fraction of sp³-hybridized carbons (Fsp3) is 0.450. The fourth-order valence-corrected chi connectivity index (χ4v) is 3.13. The Morgan fingerprint density at radius 1 is 1.17 bits per heavy atom. The number of ether oxygens (including phenoxy) is 1. The van der Waals surface area contributed by atoms with Gasteiger partial charge >= 0.3 is 0 Å². The van der Waals surface area contributed by atoms with Gasteiger partial charge in [0.25, 0.3) is 0 Å². The molecular formula is C20H23N3O. The van der Waals surface area contributed by atoms with Crippen molar-refractivity contribution in [2.45, 2.75) is 45.4 Å². The molecule has 1 aliphatic carbocycles. The molecule has 1 aliphatic rings. The molecule has 1 aromatic carbocycles. The van der Waals surface area contributed by atoms with Gasteiger partial charge in [0.1, 0.15) is 11.8 Å². The van der Waals surface area contributed by atoms with Crippen LogP contribution in [0.15, 0.2) is 30.6 Å². The molecule has 4 nitrogen and oxygen atoms in total. The molecule has 0 amide bonds. The monoisotopic (exact) mass is 321 g/mol. The molecule has 0 radical (unpaired) electrons. The summed E-state index contributed by atoms with van der Waals surface area (Å²) in [7, 11) is 0. The lowest BCUT2D eigenvalue weighted by molar-refractivity contribution is 0.208. The molecular weight excluding hydrogens is 298 g/mol. The van der Waals surface area contributed by atoms with Gasteiger partial charge in [-0.15, -0.1) is 0 Å². The second-order valence-corrected chi connectivity index (χ2v) is 6.41. The predicted molar refractivity (Wildman–Crippen MR) is 93.6 cm³/mol. The van der Waals surface area contributed by atoms with E-state index < -0.39 is 0 Å². The van der Waals surface area contributed by atoms with Crippen molar-refractivity contribution in [3.63, 3.8) is 0 Å². The minimum atomic E-state index is 0.548. The Bertz CT molecular complexity index is 713. The van der Waals surface area contributed by atoms with Crippen LogP contribution >= 0.6 is 0 Å². The van der Waals surface area contributed by atoms with Crippen LogP contribution in [-0.4, -0.2) is 16.6 Å². The molecule has 1 fully saturated rings. The van der Waals surface area contributed by atoms with Crippen molar-refractivity contribution in [3.8, 4) is 23.2 Å². The van der Waals surface area contributed by atoms with Crippen LogP contribution in [0.5, 0.6) is 5.75 Å². The van der Waals surface area contributed by atoms with E-state index in [1.807, 2.05) is 30.6 Å². The zero-order chi connectivity index (χ0) is 16.8. The predicted octanol–water partition coefficient (Wildman–Crippen LogP) is 4.54. The van der Waals surface area contributed by atoms with Crippen molar-refractivity contribution in [1.29, 1.82) is 5.26 Å². The molecule has 0 aliphatic heterocycles. The minimum Gasteiger partial charge on any atom is -0.492 e. The highest BCUT2D eigenvalue weighted by Gasteiger charge is 2.15. The highest BCUT2D eigenvalue weighted by atomic mass is 16.5. The lowest BCUT2D eigenvalue weighted by atomic mass is 9.90. The Morgan fingerprint density at radius 3 is 2.58 bits per heavy atom. The summed E-state index contributed by atoms with van der Waals surface area (Å²) in [5.41, 5.74) is 2.50. The molecule has 3 rings (SSSR count). The zero-order valence-electron chi connectivity index (χ0n) is 14.2. The van der Waals surface area contributed by atoms with Crippen molar-refractivity contribution >= 4 is 0 Å². The normalized spacial score (nSPS) is 15.0. The smallest absolute Gasteiger partial charge is 0.159 e. The van der Waals surface area contributed by atoms with Crippen LogP contribution in [0, 0.1) is 17.2 Å². The maximum absolute atomic E-state index is 9.44. The van der Waals surface area contributed by atoms with Crippen LogP contribution in [0.25, 0.3) is 11.4 Å². The fourth-order valence-electron chi connectivity index (χ4n) is 3.13. The Labute approximate surface area is 143 Å². The van der Waals surface area contributed by atoms with Gasteiger partial charge in [0, 0.05) is 18.0 Å². The summed E-state index contributed by atoms with van der Waals surface area (Å²) in [4.78, 5) is 8.77. The Morgan fingerprint density at radius 2 is 1.92 bits per heavy atom. The molecule has 24 heavy (non-hydrogen) atoms. The summed E-state index contributed by atoms with van der Waals surface area (Å²) in [5.74, 6) is 1.93. The second kappa shape index (κ2) is 7.92. The standard InChI is InChI=1S/C20H23N3O/c1-2-15-12-22-20(23-13-15)17-8-9-19(18(10-17)11-21)24-14-16-6-4-3-5-7-16/h8-10,12-13,16H,2-7,14H2,1H3. The van der Waals surface area contributed by atoms with E-state index in [4.69, 9.17) is 4.74 Å². The third-order valence-electron chi connectivity index (χ3n) is 4.67. The summed E-state index contributed by atoms with van der Waals surface area (Å²) < 4.78 is 5.93. The molecule has 0 bridgehead atoms. The maximum Gasteiger partial charge on any atom is 0.159 e. The van der Waals surface area contributed by atoms with E-state index in [1.54, 1.807) is 0 Å². The first kappa shape index (κ1) is 16.4. The van der Waals surface area contributed by atoms with E-state index in [-0.39, 0.29) is 0 Å². The van der Waals surface area contributed by atoms with Crippen LogP contribution in [0.4, 0.5) is 0 Å². The molecule has 1 heterocycles. The van der Waals surface area contributed by atoms with E-state index in [0.717, 1.165) is 17.5 Å². The number of rotatable bonds is 5. The van der Waals surface area contributed by atoms with Gasteiger partial charge in [-0.3, -0.25) is 0 Å². The van der Waals surface area contributed by atoms with Crippen molar-refractivity contribution in [1.82, 2.24) is 9.97 Å². The number of nitriles is 1. The Kier molecular flexibility index (Phi) is 5.43. The van der Waals surface area contributed by atoms with Crippen molar-refractivity contribution in [2.24, 2.45) is 5.92 Å². The average Bonchev–Trinajstić information content (AvgIpc) is 2.67. The van der Waals surface area contributed by atoms with Gasteiger partial charge in [-0.05, 0) is 48.9 Å². The van der Waals surface area contributed by atoms with Gasteiger partial charge in [0.15, 0.2) is 5.82 Å². The van der Waals surface area contributed by atoms with Gasteiger partial charge in [-0.1, -0.05) is 26.2 Å². The molecule has 0 spiro atoms. The largest absolute Gasteiger partial charge is 0.492 e. The molecule has 0 N–H and O–H groups in total. The summed E-state index contributed by atoms with van der Waals surface area (Å²) >= 11 is 0. The van der Waals surface area contributed by atoms with E-state index >= 15 is 0 Å². The molecule has 124 valence electrons. The number of aromatic nitrogens is 2. The molecule has 1 aromatic heterocycles. The first-order chi connectivity index (χ1) is 11.8. The van der Waals surface area contributed by atoms with E-state index in [2.05, 4.69) is 23.0 Å². The lowest BCUT2D eigenvalue weighted by Crippen LogP contribution is -2.15. The molecule has 0 unspecified atom stereocenters. The molecule has 0 saturated heterocycles. The summed E-state index contributed by atoms with van der Waals surface area (Å²) in [6, 6.07) is 7.85. The minimum absolute atomic E-state index is 0.548. The van der Waals surface area contributed by atoms with E-state index in [1.165, 1.54) is 32.1 Å². The molecule has 4 heteroatoms. The number of hydrogen-bond donors (Lipinski definition) is 0. The van der Waals surface area contributed by atoms with Crippen molar-refractivity contribution < 1.29 is 4.74 Å². The maximum atomic E-state index is 9.44. The summed E-state index contributed by atoms with van der Waals surface area (Å²) in [6.45, 7) is 2.78. The number of nitrogens with zero attached hydrogens (tertiary/aromatic N) is 3. The number of hydrogen-bond acceptors (Lipinski definition) is 4. The highest BCUT2D eigenvalue weighted by Crippen LogP contribution is 2.28. The topological polar surface area (TPSA) is 58.8 Å². The zero-order valence-corrected chi connectivity index (χ0v) is 14.2. The highest BCUT2D eigenvalue weighted by molar-refractivity contribution is 5.61. The molecule has 0 atom stereocenters. The van der Waals surface area contributed by atoms with Crippen LogP contribution in [0.2, 0.25) is 0 Å². The van der Waals surface area contributed by atoms with Gasteiger partial charge in [-0.2, -0.15) is 5.26 Å². The van der Waals surface area contributed by atoms with E-state index in [9.17, 15) is 5.26 Å². The van der Waals surface area contributed by atoms with Crippen LogP contribution in [-0.2, 0) is 6.42 Å². The number of benzene rings is 1. The van der Waals surface area contributed by atoms with Crippen LogP contribution < -0.4 is 4.74 Å². The third kappa shape index (κ3) is 3.91. The summed E-state index contributed by atoms with van der Waals surface area (Å²) in [5, 5.41) is 9.44. The van der Waals surface area contributed by atoms with Crippen LogP contribution in [0.1, 0.15) is 50.2 Å². The number of aryl methyl sites for hydroxylation is 1. The SMILES string of the molecule is CCc1cnc(-c2ccc(OCC3CCCCC3)c(C#N)c2)nc1. The second-order valence-electron chi connectivity index (χ2n) is 6.41. The third-order valence-corrected chi connectivity index (χ3v) is 4.67. The molecule has 1 saturated carbocycles. The first-order valence-corrected chi connectivity index (χ1v) is 8.78. The van der Waals surface area contributed by atoms with Gasteiger partial charge < -0.3 is 4.74 Å². The Hall–Kier alpha value is -2.41. The first-order valence-electron chi connectivity index (χ1n) is 8.78. The Balaban J connectivity index is 1.73. The summed E-state index contributed by atoms with van der Waals surface area (Å²) in [6.07, 6.45) is 11.0. The lowest BCUT2D eigenvalue weighted by Gasteiger charge is -2.22. The van der Waals surface area contributed by atoms with Crippen molar-refractivity contribution in [3.05, 3.63) is 41.7 Å². The van der Waals surface area contributed by atoms with E-state index in [0.29, 0.717) is 29.7 Å².